The molecule has 1 N–H and O–H groups in total. The average molecular weight is 455 g/mol. The van der Waals surface area contributed by atoms with Crippen molar-refractivity contribution in [2.75, 3.05) is 24.5 Å². The van der Waals surface area contributed by atoms with E-state index in [0.717, 1.165) is 67.8 Å². The van der Waals surface area contributed by atoms with E-state index in [4.69, 9.17) is 4.98 Å². The molecule has 34 heavy (non-hydrogen) atoms. The molecule has 6 heteroatoms. The molecule has 3 aromatic rings. The van der Waals surface area contributed by atoms with Crippen LogP contribution in [-0.2, 0) is 25.9 Å². The zero-order valence-corrected chi connectivity index (χ0v) is 19.6. The van der Waals surface area contributed by atoms with Crippen LogP contribution >= 0.6 is 0 Å². The van der Waals surface area contributed by atoms with Crippen molar-refractivity contribution in [2.24, 2.45) is 0 Å². The SMILES string of the molecule is CCNCc1cc(N2CCCc3cc(C(=O)N4CCc5ccccc5C4)cnc32)ccc1C=O. The first-order valence-corrected chi connectivity index (χ1v) is 12.1. The minimum absolute atomic E-state index is 0.0465. The summed E-state index contributed by atoms with van der Waals surface area (Å²) >= 11 is 0. The molecule has 0 bridgehead atoms. The fraction of sp³-hybridized carbons (Fsp3) is 0.321. The van der Waals surface area contributed by atoms with Gasteiger partial charge in [-0.3, -0.25) is 9.59 Å². The molecular formula is C28H30N4O2. The van der Waals surface area contributed by atoms with E-state index in [-0.39, 0.29) is 5.91 Å². The van der Waals surface area contributed by atoms with Gasteiger partial charge in [-0.2, -0.15) is 0 Å². The first-order chi connectivity index (χ1) is 16.7. The second-order valence-corrected chi connectivity index (χ2v) is 8.99. The quantitative estimate of drug-likeness (QED) is 0.563. The van der Waals surface area contributed by atoms with Crippen LogP contribution in [0.4, 0.5) is 11.5 Å². The third kappa shape index (κ3) is 4.33. The van der Waals surface area contributed by atoms with E-state index >= 15 is 0 Å². The number of anilines is 2. The standard InChI is InChI=1S/C28H30N4O2/c1-2-29-16-24-15-26(10-9-23(24)19-33)32-12-5-8-21-14-25(17-30-27(21)32)28(34)31-13-11-20-6-3-4-7-22(20)18-31/h3-4,6-7,9-10,14-15,17,19,29H,2,5,8,11-13,16,18H2,1H3. The topological polar surface area (TPSA) is 65.5 Å². The Morgan fingerprint density at radius 1 is 1.06 bits per heavy atom. The van der Waals surface area contributed by atoms with Crippen LogP contribution in [0.1, 0.15) is 56.3 Å². The monoisotopic (exact) mass is 454 g/mol. The van der Waals surface area contributed by atoms with Crippen LogP contribution in [0.2, 0.25) is 0 Å². The number of carbonyl (C=O) groups excluding carboxylic acids is 2. The number of rotatable bonds is 6. The summed E-state index contributed by atoms with van der Waals surface area (Å²) < 4.78 is 0. The van der Waals surface area contributed by atoms with Gasteiger partial charge in [0.15, 0.2) is 0 Å². The molecule has 0 saturated heterocycles. The Morgan fingerprint density at radius 3 is 2.74 bits per heavy atom. The van der Waals surface area contributed by atoms with Gasteiger partial charge in [-0.1, -0.05) is 31.2 Å². The van der Waals surface area contributed by atoms with Crippen molar-refractivity contribution in [2.45, 2.75) is 39.3 Å². The summed E-state index contributed by atoms with van der Waals surface area (Å²) in [7, 11) is 0. The number of fused-ring (bicyclic) bond motifs is 2. The Labute approximate surface area is 200 Å². The molecule has 5 rings (SSSR count). The molecule has 0 atom stereocenters. The number of aromatic nitrogens is 1. The molecule has 2 aromatic carbocycles. The van der Waals surface area contributed by atoms with Crippen LogP contribution in [0, 0.1) is 0 Å². The zero-order valence-electron chi connectivity index (χ0n) is 19.6. The minimum atomic E-state index is 0.0465. The lowest BCUT2D eigenvalue weighted by molar-refractivity contribution is 0.0734. The van der Waals surface area contributed by atoms with Gasteiger partial charge in [0.25, 0.3) is 5.91 Å². The van der Waals surface area contributed by atoms with Gasteiger partial charge in [-0.05, 0) is 72.3 Å². The van der Waals surface area contributed by atoms with Crippen molar-refractivity contribution in [3.63, 3.8) is 0 Å². The highest BCUT2D eigenvalue weighted by atomic mass is 16.2. The van der Waals surface area contributed by atoms with Crippen LogP contribution in [0.3, 0.4) is 0 Å². The average Bonchev–Trinajstić information content (AvgIpc) is 2.90. The van der Waals surface area contributed by atoms with Crippen LogP contribution in [-0.4, -0.2) is 41.7 Å². The highest BCUT2D eigenvalue weighted by Gasteiger charge is 2.25. The summed E-state index contributed by atoms with van der Waals surface area (Å²) in [5.74, 6) is 0.949. The summed E-state index contributed by atoms with van der Waals surface area (Å²) in [6.45, 7) is 5.79. The molecule has 0 spiro atoms. The number of amides is 1. The van der Waals surface area contributed by atoms with E-state index < -0.39 is 0 Å². The number of aryl methyl sites for hydroxylation is 1. The van der Waals surface area contributed by atoms with Crippen molar-refractivity contribution in [1.29, 1.82) is 0 Å². The molecular weight excluding hydrogens is 424 g/mol. The van der Waals surface area contributed by atoms with E-state index in [1.54, 1.807) is 6.20 Å². The summed E-state index contributed by atoms with van der Waals surface area (Å²) in [5.41, 5.74) is 7.04. The van der Waals surface area contributed by atoms with Gasteiger partial charge in [0.2, 0.25) is 0 Å². The van der Waals surface area contributed by atoms with E-state index in [0.29, 0.717) is 24.2 Å². The second kappa shape index (κ2) is 9.77. The van der Waals surface area contributed by atoms with Crippen LogP contribution < -0.4 is 10.2 Å². The predicted octanol–water partition coefficient (Wildman–Crippen LogP) is 4.29. The zero-order chi connectivity index (χ0) is 23.5. The highest BCUT2D eigenvalue weighted by Crippen LogP contribution is 2.33. The maximum atomic E-state index is 13.3. The second-order valence-electron chi connectivity index (χ2n) is 8.99. The lowest BCUT2D eigenvalue weighted by Gasteiger charge is -2.32. The molecule has 0 aliphatic carbocycles. The smallest absolute Gasteiger partial charge is 0.255 e. The summed E-state index contributed by atoms with van der Waals surface area (Å²) in [6.07, 6.45) is 5.41. The molecule has 0 fully saturated rings. The van der Waals surface area contributed by atoms with Crippen molar-refractivity contribution >= 4 is 23.7 Å². The van der Waals surface area contributed by atoms with Gasteiger partial charge >= 0.3 is 0 Å². The Hall–Kier alpha value is -3.51. The molecule has 6 nitrogen and oxygen atoms in total. The van der Waals surface area contributed by atoms with Gasteiger partial charge in [0.05, 0.1) is 5.56 Å². The van der Waals surface area contributed by atoms with Gasteiger partial charge in [-0.15, -0.1) is 0 Å². The van der Waals surface area contributed by atoms with Crippen molar-refractivity contribution < 1.29 is 9.59 Å². The molecule has 174 valence electrons. The summed E-state index contributed by atoms with van der Waals surface area (Å²) in [6, 6.07) is 16.3. The van der Waals surface area contributed by atoms with Crippen LogP contribution in [0.25, 0.3) is 0 Å². The van der Waals surface area contributed by atoms with E-state index in [1.165, 1.54) is 11.1 Å². The third-order valence-corrected chi connectivity index (χ3v) is 6.82. The maximum absolute atomic E-state index is 13.3. The molecule has 1 amide bonds. The number of pyridine rings is 1. The number of hydrogen-bond donors (Lipinski definition) is 1. The minimum Gasteiger partial charge on any atom is -0.334 e. The lowest BCUT2D eigenvalue weighted by atomic mass is 9.98. The van der Waals surface area contributed by atoms with Gasteiger partial charge in [-0.25, -0.2) is 4.98 Å². The molecule has 0 saturated carbocycles. The van der Waals surface area contributed by atoms with Gasteiger partial charge in [0.1, 0.15) is 12.1 Å². The number of hydrogen-bond acceptors (Lipinski definition) is 5. The molecule has 1 aromatic heterocycles. The normalized spacial score (nSPS) is 15.0. The molecule has 2 aliphatic heterocycles. The van der Waals surface area contributed by atoms with E-state index in [2.05, 4.69) is 41.4 Å². The molecule has 0 unspecified atom stereocenters. The number of nitrogens with one attached hydrogen (secondary N) is 1. The fourth-order valence-electron chi connectivity index (χ4n) is 4.97. The van der Waals surface area contributed by atoms with Gasteiger partial charge in [0, 0.05) is 43.6 Å². The summed E-state index contributed by atoms with van der Waals surface area (Å²) in [4.78, 5) is 33.7. The number of aldehydes is 1. The Kier molecular flexibility index (Phi) is 6.41. The van der Waals surface area contributed by atoms with Crippen LogP contribution in [0.5, 0.6) is 0 Å². The summed E-state index contributed by atoms with van der Waals surface area (Å²) in [5, 5.41) is 3.31. The van der Waals surface area contributed by atoms with E-state index in [9.17, 15) is 9.59 Å². The van der Waals surface area contributed by atoms with Crippen molar-refractivity contribution in [1.82, 2.24) is 15.2 Å². The van der Waals surface area contributed by atoms with Crippen molar-refractivity contribution in [3.05, 3.63) is 88.1 Å². The number of benzene rings is 2. The Morgan fingerprint density at radius 2 is 1.91 bits per heavy atom. The fourth-order valence-corrected chi connectivity index (χ4v) is 4.97. The Bertz CT molecular complexity index is 1220. The lowest BCUT2D eigenvalue weighted by Crippen LogP contribution is -2.36. The largest absolute Gasteiger partial charge is 0.334 e. The first-order valence-electron chi connectivity index (χ1n) is 12.1. The number of nitrogens with zero attached hydrogens (tertiary/aromatic N) is 3. The predicted molar refractivity (Wildman–Crippen MR) is 134 cm³/mol. The number of carbonyl (C=O) groups is 2. The maximum Gasteiger partial charge on any atom is 0.255 e. The highest BCUT2D eigenvalue weighted by molar-refractivity contribution is 5.94. The Balaban J connectivity index is 1.39. The molecule has 0 radical (unpaired) electrons. The molecule has 3 heterocycles. The van der Waals surface area contributed by atoms with E-state index in [1.807, 2.05) is 29.2 Å². The first kappa shape index (κ1) is 22.3. The van der Waals surface area contributed by atoms with Crippen molar-refractivity contribution in [3.8, 4) is 0 Å². The van der Waals surface area contributed by atoms with Gasteiger partial charge < -0.3 is 15.1 Å². The third-order valence-electron chi connectivity index (χ3n) is 6.82. The molecule has 2 aliphatic rings. The van der Waals surface area contributed by atoms with Crippen LogP contribution in [0.15, 0.2) is 54.7 Å².